The Morgan fingerprint density at radius 2 is 2.40 bits per heavy atom. The Hall–Kier alpha value is -1.78. The second-order valence-electron chi connectivity index (χ2n) is 3.23. The molecule has 5 nitrogen and oxygen atoms in total. The second-order valence-corrected chi connectivity index (χ2v) is 3.23. The summed E-state index contributed by atoms with van der Waals surface area (Å²) >= 11 is 0. The molecule has 0 N–H and O–H groups in total. The lowest BCUT2D eigenvalue weighted by molar-refractivity contribution is 0.0515. The molecule has 0 saturated carbocycles. The van der Waals surface area contributed by atoms with E-state index in [1.807, 2.05) is 0 Å². The van der Waals surface area contributed by atoms with Crippen molar-refractivity contribution in [3.05, 3.63) is 17.7 Å². The van der Waals surface area contributed by atoms with Crippen LogP contribution in [-0.4, -0.2) is 22.1 Å². The van der Waals surface area contributed by atoms with Crippen LogP contribution in [0.4, 0.5) is 0 Å². The lowest BCUT2D eigenvalue weighted by Gasteiger charge is -2.01. The second kappa shape index (κ2) is 3.42. The lowest BCUT2D eigenvalue weighted by atomic mass is 10.4. The summed E-state index contributed by atoms with van der Waals surface area (Å²) in [6, 6.07) is 1.65. The topological polar surface area (TPSA) is 57.3 Å². The third-order valence-corrected chi connectivity index (χ3v) is 2.17. The average molecular weight is 208 g/mol. The standard InChI is InChI=1S/C10H12N2O3/c1-4-14-10(13)7-5-8-9(12(7)3)11-6(2)15-8/h5H,4H2,1-3H3. The van der Waals surface area contributed by atoms with Crippen molar-refractivity contribution >= 4 is 17.2 Å². The molecule has 0 saturated heterocycles. The highest BCUT2D eigenvalue weighted by Crippen LogP contribution is 2.19. The highest BCUT2D eigenvalue weighted by atomic mass is 16.5. The number of carbonyl (C=O) groups excluding carboxylic acids is 1. The van der Waals surface area contributed by atoms with Gasteiger partial charge in [0.25, 0.3) is 0 Å². The summed E-state index contributed by atoms with van der Waals surface area (Å²) < 4.78 is 11.9. The molecule has 0 amide bonds. The number of rotatable bonds is 2. The van der Waals surface area contributed by atoms with Crippen LogP contribution >= 0.6 is 0 Å². The summed E-state index contributed by atoms with van der Waals surface area (Å²) in [4.78, 5) is 15.7. The average Bonchev–Trinajstić information content (AvgIpc) is 2.66. The fraction of sp³-hybridized carbons (Fsp3) is 0.400. The molecule has 0 bridgehead atoms. The van der Waals surface area contributed by atoms with E-state index in [1.54, 1.807) is 31.5 Å². The number of hydrogen-bond donors (Lipinski definition) is 0. The van der Waals surface area contributed by atoms with Crippen LogP contribution in [0.3, 0.4) is 0 Å². The van der Waals surface area contributed by atoms with Crippen molar-refractivity contribution in [1.29, 1.82) is 0 Å². The predicted octanol–water partition coefficient (Wildman–Crippen LogP) is 1.65. The molecule has 2 aromatic heterocycles. The highest BCUT2D eigenvalue weighted by Gasteiger charge is 2.17. The van der Waals surface area contributed by atoms with Gasteiger partial charge >= 0.3 is 5.97 Å². The van der Waals surface area contributed by atoms with Gasteiger partial charge < -0.3 is 13.7 Å². The number of aromatic nitrogens is 2. The van der Waals surface area contributed by atoms with E-state index in [2.05, 4.69) is 4.98 Å². The van der Waals surface area contributed by atoms with E-state index in [0.717, 1.165) is 0 Å². The van der Waals surface area contributed by atoms with E-state index < -0.39 is 0 Å². The molecular weight excluding hydrogens is 196 g/mol. The van der Waals surface area contributed by atoms with Crippen LogP contribution in [0.2, 0.25) is 0 Å². The molecule has 0 aromatic carbocycles. The SMILES string of the molecule is CCOC(=O)c1cc2oc(C)nc2n1C. The van der Waals surface area contributed by atoms with Gasteiger partial charge in [-0.15, -0.1) is 0 Å². The van der Waals surface area contributed by atoms with Crippen molar-refractivity contribution < 1.29 is 13.9 Å². The fourth-order valence-electron chi connectivity index (χ4n) is 1.50. The maximum Gasteiger partial charge on any atom is 0.355 e. The van der Waals surface area contributed by atoms with E-state index in [1.165, 1.54) is 0 Å². The van der Waals surface area contributed by atoms with Crippen molar-refractivity contribution in [3.8, 4) is 0 Å². The van der Waals surface area contributed by atoms with E-state index >= 15 is 0 Å². The van der Waals surface area contributed by atoms with Crippen molar-refractivity contribution in [2.24, 2.45) is 7.05 Å². The smallest absolute Gasteiger partial charge is 0.355 e. The van der Waals surface area contributed by atoms with Crippen LogP contribution in [0, 0.1) is 6.92 Å². The predicted molar refractivity (Wildman–Crippen MR) is 53.7 cm³/mol. The van der Waals surface area contributed by atoms with Gasteiger partial charge in [-0.1, -0.05) is 0 Å². The maximum atomic E-state index is 11.5. The maximum absolute atomic E-state index is 11.5. The molecule has 0 radical (unpaired) electrons. The molecule has 0 spiro atoms. The van der Waals surface area contributed by atoms with E-state index in [-0.39, 0.29) is 5.97 Å². The minimum Gasteiger partial charge on any atom is -0.461 e. The fourth-order valence-corrected chi connectivity index (χ4v) is 1.50. The first kappa shape index (κ1) is 9.76. The van der Waals surface area contributed by atoms with Crippen LogP contribution in [0.15, 0.2) is 10.5 Å². The van der Waals surface area contributed by atoms with Crippen LogP contribution < -0.4 is 0 Å². The van der Waals surface area contributed by atoms with Crippen molar-refractivity contribution in [2.75, 3.05) is 6.61 Å². The molecule has 0 atom stereocenters. The highest BCUT2D eigenvalue weighted by molar-refractivity contribution is 5.92. The molecule has 0 fully saturated rings. The van der Waals surface area contributed by atoms with E-state index in [4.69, 9.17) is 9.15 Å². The van der Waals surface area contributed by atoms with Gasteiger partial charge in [-0.2, -0.15) is 4.98 Å². The summed E-state index contributed by atoms with van der Waals surface area (Å²) in [6.45, 7) is 3.90. The molecule has 2 rings (SSSR count). The molecule has 80 valence electrons. The summed E-state index contributed by atoms with van der Waals surface area (Å²) in [5.41, 5.74) is 1.73. The Labute approximate surface area is 86.6 Å². The van der Waals surface area contributed by atoms with Crippen LogP contribution in [-0.2, 0) is 11.8 Å². The summed E-state index contributed by atoms with van der Waals surface area (Å²) in [5.74, 6) is 0.233. The third kappa shape index (κ3) is 1.49. The Kier molecular flexibility index (Phi) is 2.22. The molecule has 0 aliphatic carbocycles. The minimum absolute atomic E-state index is 0.356. The number of esters is 1. The monoisotopic (exact) mass is 208 g/mol. The first-order valence-corrected chi connectivity index (χ1v) is 4.73. The van der Waals surface area contributed by atoms with Crippen molar-refractivity contribution in [3.63, 3.8) is 0 Å². The molecular formula is C10H12N2O3. The van der Waals surface area contributed by atoms with Gasteiger partial charge in [0.15, 0.2) is 17.1 Å². The zero-order valence-electron chi connectivity index (χ0n) is 8.90. The summed E-state index contributed by atoms with van der Waals surface area (Å²) in [5, 5.41) is 0. The molecule has 5 heteroatoms. The van der Waals surface area contributed by atoms with Gasteiger partial charge in [0, 0.05) is 20.0 Å². The Balaban J connectivity index is 2.49. The lowest BCUT2D eigenvalue weighted by Crippen LogP contribution is -2.09. The first-order valence-electron chi connectivity index (χ1n) is 4.73. The summed E-state index contributed by atoms with van der Waals surface area (Å²) in [6.07, 6.45) is 0. The molecule has 0 aliphatic heterocycles. The van der Waals surface area contributed by atoms with Crippen LogP contribution in [0.5, 0.6) is 0 Å². The normalized spacial score (nSPS) is 10.9. The van der Waals surface area contributed by atoms with Gasteiger partial charge in [0.05, 0.1) is 6.61 Å². The third-order valence-electron chi connectivity index (χ3n) is 2.17. The van der Waals surface area contributed by atoms with Gasteiger partial charge in [-0.3, -0.25) is 0 Å². The molecule has 15 heavy (non-hydrogen) atoms. The zero-order valence-corrected chi connectivity index (χ0v) is 8.90. The van der Waals surface area contributed by atoms with Crippen LogP contribution in [0.1, 0.15) is 23.3 Å². The van der Waals surface area contributed by atoms with Gasteiger partial charge in [0.2, 0.25) is 0 Å². The quantitative estimate of drug-likeness (QED) is 0.704. The Bertz CT molecular complexity index is 510. The largest absolute Gasteiger partial charge is 0.461 e. The molecule has 0 aliphatic rings. The number of oxazole rings is 1. The Morgan fingerprint density at radius 1 is 1.67 bits per heavy atom. The number of fused-ring (bicyclic) bond motifs is 1. The van der Waals surface area contributed by atoms with Crippen LogP contribution in [0.25, 0.3) is 11.2 Å². The minimum atomic E-state index is -0.356. The van der Waals surface area contributed by atoms with Gasteiger partial charge in [-0.25, -0.2) is 4.79 Å². The number of nitrogens with zero attached hydrogens (tertiary/aromatic N) is 2. The van der Waals surface area contributed by atoms with Crippen molar-refractivity contribution in [2.45, 2.75) is 13.8 Å². The number of carbonyl (C=O) groups is 1. The summed E-state index contributed by atoms with van der Waals surface area (Å²) in [7, 11) is 1.76. The molecule has 0 unspecified atom stereocenters. The zero-order chi connectivity index (χ0) is 11.0. The number of ether oxygens (including phenoxy) is 1. The van der Waals surface area contributed by atoms with Crippen molar-refractivity contribution in [1.82, 2.24) is 9.55 Å². The molecule has 2 heterocycles. The van der Waals surface area contributed by atoms with Gasteiger partial charge in [0.1, 0.15) is 5.69 Å². The van der Waals surface area contributed by atoms with Gasteiger partial charge in [-0.05, 0) is 6.92 Å². The first-order chi connectivity index (χ1) is 7.13. The van der Waals surface area contributed by atoms with E-state index in [9.17, 15) is 4.79 Å². The Morgan fingerprint density at radius 3 is 3.00 bits per heavy atom. The number of hydrogen-bond acceptors (Lipinski definition) is 4. The van der Waals surface area contributed by atoms with E-state index in [0.29, 0.717) is 29.4 Å². The number of aryl methyl sites for hydroxylation is 2. The molecule has 2 aromatic rings.